The monoisotopic (exact) mass is 459 g/mol. The fraction of sp³-hybridized carbons (Fsp3) is 0.250. The summed E-state index contributed by atoms with van der Waals surface area (Å²) in [5.74, 6) is 0.100. The van der Waals surface area contributed by atoms with E-state index in [4.69, 9.17) is 9.47 Å². The topological polar surface area (TPSA) is 97.0 Å². The first kappa shape index (κ1) is 19.3. The number of carbonyl (C=O) groups excluding carboxylic acids is 3. The molecule has 2 heterocycles. The lowest BCUT2D eigenvalue weighted by Gasteiger charge is -2.22. The van der Waals surface area contributed by atoms with Crippen molar-refractivity contribution >= 4 is 39.5 Å². The minimum absolute atomic E-state index is 0.409. The number of benzene rings is 2. The Balaban J connectivity index is 1.49. The number of hydrogen-bond donors (Lipinski definition) is 2. The first-order valence-corrected chi connectivity index (χ1v) is 9.76. The minimum atomic E-state index is -1.21. The Kier molecular flexibility index (Phi) is 4.91. The first-order valence-electron chi connectivity index (χ1n) is 8.97. The van der Waals surface area contributed by atoms with Gasteiger partial charge in [-0.3, -0.25) is 14.5 Å². The third-order valence-electron chi connectivity index (χ3n) is 4.83. The fourth-order valence-electron chi connectivity index (χ4n) is 3.30. The van der Waals surface area contributed by atoms with E-state index in [9.17, 15) is 14.4 Å². The van der Waals surface area contributed by atoms with Gasteiger partial charge in [-0.2, -0.15) is 0 Å². The molecule has 2 aliphatic rings. The average molecular weight is 460 g/mol. The Labute approximate surface area is 175 Å². The van der Waals surface area contributed by atoms with Crippen molar-refractivity contribution < 1.29 is 23.9 Å². The molecule has 4 rings (SSSR count). The molecule has 2 aromatic carbocycles. The van der Waals surface area contributed by atoms with Gasteiger partial charge < -0.3 is 20.1 Å². The number of urea groups is 1. The van der Waals surface area contributed by atoms with Crippen LogP contribution in [-0.4, -0.2) is 42.5 Å². The minimum Gasteiger partial charge on any atom is -0.486 e. The van der Waals surface area contributed by atoms with E-state index in [1.165, 1.54) is 0 Å². The molecule has 0 unspecified atom stereocenters. The normalized spacial score (nSPS) is 20.4. The van der Waals surface area contributed by atoms with E-state index in [2.05, 4.69) is 26.6 Å². The van der Waals surface area contributed by atoms with Crippen molar-refractivity contribution in [1.29, 1.82) is 0 Å². The van der Waals surface area contributed by atoms with E-state index in [0.29, 0.717) is 40.4 Å². The number of ether oxygens (including phenoxy) is 2. The maximum absolute atomic E-state index is 12.9. The van der Waals surface area contributed by atoms with Gasteiger partial charge in [0.1, 0.15) is 25.3 Å². The molecular weight excluding hydrogens is 442 g/mol. The van der Waals surface area contributed by atoms with Gasteiger partial charge in [-0.1, -0.05) is 30.3 Å². The van der Waals surface area contributed by atoms with Crippen LogP contribution in [0.2, 0.25) is 0 Å². The largest absolute Gasteiger partial charge is 0.486 e. The molecule has 0 radical (unpaired) electrons. The molecule has 4 amide bonds. The quantitative estimate of drug-likeness (QED) is 0.684. The van der Waals surface area contributed by atoms with Crippen LogP contribution in [0.15, 0.2) is 46.9 Å². The molecule has 8 nitrogen and oxygen atoms in total. The van der Waals surface area contributed by atoms with Crippen molar-refractivity contribution in [2.24, 2.45) is 0 Å². The second kappa shape index (κ2) is 7.40. The van der Waals surface area contributed by atoms with Gasteiger partial charge in [-0.15, -0.1) is 0 Å². The molecule has 2 aliphatic heterocycles. The second-order valence-electron chi connectivity index (χ2n) is 6.84. The SMILES string of the molecule is C[C@]1(c2ccccc2)NC(=O)N(CC(=O)Nc2cc3c(cc2Br)OCCO3)C1=O. The summed E-state index contributed by atoms with van der Waals surface area (Å²) in [6.45, 7) is 2.09. The van der Waals surface area contributed by atoms with Gasteiger partial charge in [0.05, 0.1) is 5.69 Å². The first-order chi connectivity index (χ1) is 13.9. The van der Waals surface area contributed by atoms with Gasteiger partial charge in [0.15, 0.2) is 11.5 Å². The Hall–Kier alpha value is -3.07. The molecule has 150 valence electrons. The van der Waals surface area contributed by atoms with Crippen LogP contribution in [-0.2, 0) is 15.1 Å². The highest BCUT2D eigenvalue weighted by atomic mass is 79.9. The predicted octanol–water partition coefficient (Wildman–Crippen LogP) is 2.63. The van der Waals surface area contributed by atoms with Crippen molar-refractivity contribution in [1.82, 2.24) is 10.2 Å². The number of carbonyl (C=O) groups is 3. The summed E-state index contributed by atoms with van der Waals surface area (Å²) in [7, 11) is 0. The number of nitrogens with zero attached hydrogens (tertiary/aromatic N) is 1. The molecule has 29 heavy (non-hydrogen) atoms. The molecule has 1 atom stereocenters. The van der Waals surface area contributed by atoms with Crippen molar-refractivity contribution in [3.05, 3.63) is 52.5 Å². The molecule has 0 aromatic heterocycles. The highest BCUT2D eigenvalue weighted by Gasteiger charge is 2.49. The molecular formula is C20H18BrN3O5. The van der Waals surface area contributed by atoms with Gasteiger partial charge in [0.2, 0.25) is 5.91 Å². The summed E-state index contributed by atoms with van der Waals surface area (Å²) < 4.78 is 11.6. The van der Waals surface area contributed by atoms with E-state index in [1.54, 1.807) is 43.3 Å². The number of fused-ring (bicyclic) bond motifs is 1. The summed E-state index contributed by atoms with van der Waals surface area (Å²) >= 11 is 3.38. The van der Waals surface area contributed by atoms with Crippen LogP contribution in [0.3, 0.4) is 0 Å². The molecule has 2 N–H and O–H groups in total. The summed E-state index contributed by atoms with van der Waals surface area (Å²) in [5, 5.41) is 5.38. The summed E-state index contributed by atoms with van der Waals surface area (Å²) in [4.78, 5) is 38.8. The highest BCUT2D eigenvalue weighted by Crippen LogP contribution is 2.38. The standard InChI is InChI=1S/C20H18BrN3O5/c1-20(12-5-3-2-4-6-12)18(26)24(19(27)23-20)11-17(25)22-14-10-16-15(9-13(14)21)28-7-8-29-16/h2-6,9-10H,7-8,11H2,1H3,(H,22,25)(H,23,27)/t20-/m1/s1. The number of rotatable bonds is 4. The molecule has 0 spiro atoms. The molecule has 2 aromatic rings. The van der Waals surface area contributed by atoms with Crippen molar-refractivity contribution in [2.45, 2.75) is 12.5 Å². The Morgan fingerprint density at radius 1 is 1.17 bits per heavy atom. The zero-order valence-electron chi connectivity index (χ0n) is 15.5. The van der Waals surface area contributed by atoms with Crippen LogP contribution in [0.25, 0.3) is 0 Å². The van der Waals surface area contributed by atoms with E-state index in [0.717, 1.165) is 4.90 Å². The van der Waals surface area contributed by atoms with Crippen LogP contribution in [0.1, 0.15) is 12.5 Å². The Morgan fingerprint density at radius 3 is 2.52 bits per heavy atom. The van der Waals surface area contributed by atoms with E-state index in [-0.39, 0.29) is 0 Å². The average Bonchev–Trinajstić information content (AvgIpc) is 2.93. The third kappa shape index (κ3) is 3.53. The van der Waals surface area contributed by atoms with Crippen molar-refractivity contribution in [3.63, 3.8) is 0 Å². The zero-order chi connectivity index (χ0) is 20.6. The molecule has 9 heteroatoms. The second-order valence-corrected chi connectivity index (χ2v) is 7.69. The van der Waals surface area contributed by atoms with Gasteiger partial charge in [0, 0.05) is 16.6 Å². The number of halogens is 1. The third-order valence-corrected chi connectivity index (χ3v) is 5.49. The van der Waals surface area contributed by atoms with E-state index >= 15 is 0 Å². The predicted molar refractivity (Wildman–Crippen MR) is 108 cm³/mol. The molecule has 1 fully saturated rings. The van der Waals surface area contributed by atoms with E-state index in [1.807, 2.05) is 6.07 Å². The van der Waals surface area contributed by atoms with Gasteiger partial charge >= 0.3 is 6.03 Å². The van der Waals surface area contributed by atoms with Crippen LogP contribution in [0.4, 0.5) is 10.5 Å². The van der Waals surface area contributed by atoms with Crippen LogP contribution < -0.4 is 20.1 Å². The van der Waals surface area contributed by atoms with Crippen molar-refractivity contribution in [3.8, 4) is 11.5 Å². The summed E-state index contributed by atoms with van der Waals surface area (Å²) in [6, 6.07) is 11.6. The summed E-state index contributed by atoms with van der Waals surface area (Å²) in [5.41, 5.74) is -0.108. The van der Waals surface area contributed by atoms with Gasteiger partial charge in [-0.25, -0.2) is 4.79 Å². The Morgan fingerprint density at radius 2 is 1.83 bits per heavy atom. The molecule has 0 aliphatic carbocycles. The Bertz CT molecular complexity index is 997. The molecule has 1 saturated heterocycles. The number of amides is 4. The maximum atomic E-state index is 12.9. The van der Waals surface area contributed by atoms with E-state index < -0.39 is 29.9 Å². The van der Waals surface area contributed by atoms with Crippen LogP contribution in [0.5, 0.6) is 11.5 Å². The van der Waals surface area contributed by atoms with Crippen LogP contribution in [0, 0.1) is 0 Å². The molecule has 0 bridgehead atoms. The van der Waals surface area contributed by atoms with Gasteiger partial charge in [0.25, 0.3) is 5.91 Å². The van der Waals surface area contributed by atoms with Crippen LogP contribution >= 0.6 is 15.9 Å². The van der Waals surface area contributed by atoms with Gasteiger partial charge in [-0.05, 0) is 28.4 Å². The maximum Gasteiger partial charge on any atom is 0.325 e. The number of hydrogen-bond acceptors (Lipinski definition) is 5. The smallest absolute Gasteiger partial charge is 0.325 e. The fourth-order valence-corrected chi connectivity index (χ4v) is 3.72. The lowest BCUT2D eigenvalue weighted by molar-refractivity contribution is -0.133. The number of imide groups is 1. The molecule has 0 saturated carbocycles. The van der Waals surface area contributed by atoms with Crippen molar-refractivity contribution in [2.75, 3.05) is 25.1 Å². The highest BCUT2D eigenvalue weighted by molar-refractivity contribution is 9.10. The summed E-state index contributed by atoms with van der Waals surface area (Å²) in [6.07, 6.45) is 0. The number of nitrogens with one attached hydrogen (secondary N) is 2. The zero-order valence-corrected chi connectivity index (χ0v) is 17.1. The lowest BCUT2D eigenvalue weighted by Crippen LogP contribution is -2.42. The number of anilines is 1. The lowest BCUT2D eigenvalue weighted by atomic mass is 9.92.